The summed E-state index contributed by atoms with van der Waals surface area (Å²) in [5, 5.41) is 9.52. The van der Waals surface area contributed by atoms with Gasteiger partial charge in [0, 0.05) is 5.56 Å². The summed E-state index contributed by atoms with van der Waals surface area (Å²) in [6.45, 7) is 4.69. The van der Waals surface area contributed by atoms with Crippen molar-refractivity contribution in [2.75, 3.05) is 6.61 Å². The second kappa shape index (κ2) is 9.04. The molecule has 0 saturated heterocycles. The fraction of sp³-hybridized carbons (Fsp3) is 0.217. The molecular formula is C23H23NO4. The van der Waals surface area contributed by atoms with Gasteiger partial charge in [-0.3, -0.25) is 0 Å². The van der Waals surface area contributed by atoms with Crippen LogP contribution in [-0.4, -0.2) is 22.7 Å². The summed E-state index contributed by atoms with van der Waals surface area (Å²) in [6.07, 6.45) is 0.898. The number of aryl methyl sites for hydroxylation is 1. The molecule has 0 unspecified atom stereocenters. The molecule has 144 valence electrons. The number of nitrogens with zero attached hydrogens (tertiary/aromatic N) is 1. The summed E-state index contributed by atoms with van der Waals surface area (Å²) < 4.78 is 11.6. The minimum atomic E-state index is -1.03. The minimum absolute atomic E-state index is 0.0664. The Labute approximate surface area is 164 Å². The van der Waals surface area contributed by atoms with E-state index in [1.54, 1.807) is 12.1 Å². The zero-order chi connectivity index (χ0) is 19.9. The second-order valence-electron chi connectivity index (χ2n) is 6.45. The number of carboxylic acid groups (broad SMARTS) is 1. The lowest BCUT2D eigenvalue weighted by atomic mass is 10.1. The molecule has 0 aliphatic carbocycles. The van der Waals surface area contributed by atoms with Gasteiger partial charge in [0.25, 0.3) is 0 Å². The van der Waals surface area contributed by atoms with Gasteiger partial charge in [0.15, 0.2) is 0 Å². The number of aromatic nitrogens is 1. The third-order valence-corrected chi connectivity index (χ3v) is 4.19. The summed E-state index contributed by atoms with van der Waals surface area (Å²) >= 11 is 0. The van der Waals surface area contributed by atoms with Crippen molar-refractivity contribution in [2.24, 2.45) is 0 Å². The summed E-state index contributed by atoms with van der Waals surface area (Å²) in [7, 11) is 0. The fourth-order valence-corrected chi connectivity index (χ4v) is 2.83. The Hall–Kier alpha value is -3.34. The van der Waals surface area contributed by atoms with Gasteiger partial charge in [-0.05, 0) is 55.3 Å². The molecule has 0 atom stereocenters. The van der Waals surface area contributed by atoms with Crippen LogP contribution in [0.4, 0.5) is 0 Å². The standard InChI is InChI=1S/C23H23NO4/c1-3-13-27-22-10-5-4-9-18(22)20-12-11-19(23(25)26)21(24-20)15-28-17-8-6-7-16(2)14-17/h4-12,14H,3,13,15H2,1-2H3,(H,25,26). The van der Waals surface area contributed by atoms with Crippen molar-refractivity contribution in [2.45, 2.75) is 26.9 Å². The van der Waals surface area contributed by atoms with Crippen LogP contribution < -0.4 is 9.47 Å². The van der Waals surface area contributed by atoms with Gasteiger partial charge in [-0.25, -0.2) is 9.78 Å². The van der Waals surface area contributed by atoms with Crippen LogP contribution in [0.5, 0.6) is 11.5 Å². The minimum Gasteiger partial charge on any atom is -0.493 e. The Kier molecular flexibility index (Phi) is 6.27. The van der Waals surface area contributed by atoms with E-state index in [1.807, 2.05) is 62.4 Å². The van der Waals surface area contributed by atoms with Gasteiger partial charge in [0.2, 0.25) is 0 Å². The molecule has 0 saturated carbocycles. The van der Waals surface area contributed by atoms with E-state index < -0.39 is 5.97 Å². The average Bonchev–Trinajstić information content (AvgIpc) is 2.70. The van der Waals surface area contributed by atoms with Crippen molar-refractivity contribution >= 4 is 5.97 Å². The Balaban J connectivity index is 1.93. The molecule has 0 radical (unpaired) electrons. The molecule has 0 fully saturated rings. The van der Waals surface area contributed by atoms with Gasteiger partial charge in [-0.2, -0.15) is 0 Å². The van der Waals surface area contributed by atoms with Gasteiger partial charge in [-0.15, -0.1) is 0 Å². The van der Waals surface area contributed by atoms with E-state index in [0.29, 0.717) is 23.7 Å². The molecule has 1 aromatic heterocycles. The maximum atomic E-state index is 11.6. The molecule has 0 aliphatic heterocycles. The lowest BCUT2D eigenvalue weighted by Gasteiger charge is -2.13. The molecule has 0 spiro atoms. The van der Waals surface area contributed by atoms with Crippen LogP contribution in [0, 0.1) is 6.92 Å². The van der Waals surface area contributed by atoms with Crippen LogP contribution in [0.15, 0.2) is 60.7 Å². The van der Waals surface area contributed by atoms with E-state index in [0.717, 1.165) is 23.3 Å². The van der Waals surface area contributed by atoms with E-state index in [1.165, 1.54) is 0 Å². The molecule has 3 aromatic rings. The zero-order valence-corrected chi connectivity index (χ0v) is 16.0. The highest BCUT2D eigenvalue weighted by Gasteiger charge is 2.16. The van der Waals surface area contributed by atoms with E-state index >= 15 is 0 Å². The van der Waals surface area contributed by atoms with Crippen LogP contribution in [0.25, 0.3) is 11.3 Å². The highest BCUT2D eigenvalue weighted by Crippen LogP contribution is 2.29. The number of rotatable bonds is 8. The summed E-state index contributed by atoms with van der Waals surface area (Å²) in [6, 6.07) is 18.5. The number of ether oxygens (including phenoxy) is 2. The molecule has 5 heteroatoms. The van der Waals surface area contributed by atoms with Crippen LogP contribution in [0.2, 0.25) is 0 Å². The quantitative estimate of drug-likeness (QED) is 0.590. The topological polar surface area (TPSA) is 68.7 Å². The second-order valence-corrected chi connectivity index (χ2v) is 6.45. The normalized spacial score (nSPS) is 10.5. The molecule has 0 aliphatic rings. The molecule has 1 heterocycles. The first-order valence-corrected chi connectivity index (χ1v) is 9.23. The van der Waals surface area contributed by atoms with Crippen LogP contribution in [0.1, 0.15) is 35.0 Å². The summed E-state index contributed by atoms with van der Waals surface area (Å²) in [5.74, 6) is 0.373. The maximum Gasteiger partial charge on any atom is 0.337 e. The van der Waals surface area contributed by atoms with Gasteiger partial charge in [-0.1, -0.05) is 31.2 Å². The predicted molar refractivity (Wildman–Crippen MR) is 108 cm³/mol. The third-order valence-electron chi connectivity index (χ3n) is 4.19. The average molecular weight is 377 g/mol. The molecular weight excluding hydrogens is 354 g/mol. The highest BCUT2D eigenvalue weighted by atomic mass is 16.5. The Morgan fingerprint density at radius 1 is 1.04 bits per heavy atom. The monoisotopic (exact) mass is 377 g/mol. The Bertz CT molecular complexity index is 968. The maximum absolute atomic E-state index is 11.6. The number of carboxylic acids is 1. The lowest BCUT2D eigenvalue weighted by Crippen LogP contribution is -2.09. The molecule has 3 rings (SSSR count). The zero-order valence-electron chi connectivity index (χ0n) is 16.0. The first-order valence-electron chi connectivity index (χ1n) is 9.23. The Morgan fingerprint density at radius 3 is 2.61 bits per heavy atom. The van der Waals surface area contributed by atoms with Gasteiger partial charge < -0.3 is 14.6 Å². The van der Waals surface area contributed by atoms with Crippen molar-refractivity contribution in [3.63, 3.8) is 0 Å². The number of carbonyl (C=O) groups is 1. The van der Waals surface area contributed by atoms with E-state index in [9.17, 15) is 9.90 Å². The predicted octanol–water partition coefficient (Wildman–Crippen LogP) is 5.12. The largest absolute Gasteiger partial charge is 0.493 e. The fourth-order valence-electron chi connectivity index (χ4n) is 2.83. The lowest BCUT2D eigenvalue weighted by molar-refractivity contribution is 0.0693. The molecule has 5 nitrogen and oxygen atoms in total. The van der Waals surface area contributed by atoms with Crippen LogP contribution >= 0.6 is 0 Å². The molecule has 28 heavy (non-hydrogen) atoms. The van der Waals surface area contributed by atoms with Gasteiger partial charge in [0.05, 0.1) is 23.6 Å². The van der Waals surface area contributed by atoms with E-state index in [-0.39, 0.29) is 12.2 Å². The number of aromatic carboxylic acids is 1. The van der Waals surface area contributed by atoms with Crippen molar-refractivity contribution in [3.8, 4) is 22.8 Å². The third kappa shape index (κ3) is 4.68. The number of benzene rings is 2. The molecule has 1 N–H and O–H groups in total. The van der Waals surface area contributed by atoms with Crippen LogP contribution in [-0.2, 0) is 6.61 Å². The number of pyridine rings is 1. The summed E-state index contributed by atoms with van der Waals surface area (Å²) in [5.41, 5.74) is 3.05. The number of hydrogen-bond donors (Lipinski definition) is 1. The molecule has 0 bridgehead atoms. The van der Waals surface area contributed by atoms with E-state index in [4.69, 9.17) is 9.47 Å². The van der Waals surface area contributed by atoms with Gasteiger partial charge >= 0.3 is 5.97 Å². The smallest absolute Gasteiger partial charge is 0.337 e. The number of hydrogen-bond acceptors (Lipinski definition) is 4. The first-order chi connectivity index (χ1) is 13.6. The van der Waals surface area contributed by atoms with Crippen molar-refractivity contribution in [1.29, 1.82) is 0 Å². The van der Waals surface area contributed by atoms with Crippen molar-refractivity contribution < 1.29 is 19.4 Å². The van der Waals surface area contributed by atoms with Crippen molar-refractivity contribution in [3.05, 3.63) is 77.5 Å². The van der Waals surface area contributed by atoms with Crippen LogP contribution in [0.3, 0.4) is 0 Å². The highest BCUT2D eigenvalue weighted by molar-refractivity contribution is 5.89. The SMILES string of the molecule is CCCOc1ccccc1-c1ccc(C(=O)O)c(COc2cccc(C)c2)n1. The Morgan fingerprint density at radius 2 is 1.86 bits per heavy atom. The first kappa shape index (κ1) is 19.4. The van der Waals surface area contributed by atoms with Gasteiger partial charge in [0.1, 0.15) is 18.1 Å². The number of para-hydroxylation sites is 1. The molecule has 0 amide bonds. The van der Waals surface area contributed by atoms with Crippen molar-refractivity contribution in [1.82, 2.24) is 4.98 Å². The molecule has 2 aromatic carbocycles. The summed E-state index contributed by atoms with van der Waals surface area (Å²) in [4.78, 5) is 16.2. The van der Waals surface area contributed by atoms with E-state index in [2.05, 4.69) is 4.98 Å².